The highest BCUT2D eigenvalue weighted by molar-refractivity contribution is 6.03. The molecule has 2 unspecified atom stereocenters. The second kappa shape index (κ2) is 10.3. The number of phenols is 1. The van der Waals surface area contributed by atoms with E-state index in [0.717, 1.165) is 18.4 Å². The highest BCUT2D eigenvalue weighted by atomic mass is 19.1. The van der Waals surface area contributed by atoms with E-state index in [4.69, 9.17) is 16.1 Å². The first-order valence-corrected chi connectivity index (χ1v) is 15.5. The molecule has 11 heteroatoms. The first-order valence-electron chi connectivity index (χ1n) is 15.5. The Labute approximate surface area is 264 Å². The van der Waals surface area contributed by atoms with Crippen molar-refractivity contribution < 1.29 is 23.0 Å². The molecule has 4 aliphatic heterocycles. The lowest BCUT2D eigenvalue weighted by Gasteiger charge is -2.40. The van der Waals surface area contributed by atoms with Gasteiger partial charge in [-0.1, -0.05) is 24.1 Å². The molecule has 0 spiro atoms. The van der Waals surface area contributed by atoms with Gasteiger partial charge in [-0.15, -0.1) is 6.42 Å². The summed E-state index contributed by atoms with van der Waals surface area (Å²) in [7, 11) is 0. The van der Waals surface area contributed by atoms with Gasteiger partial charge >= 0.3 is 6.01 Å². The molecule has 4 fully saturated rings. The van der Waals surface area contributed by atoms with Gasteiger partial charge in [-0.05, 0) is 49.8 Å². The molecule has 4 aliphatic rings. The fraction of sp³-hybridized carbons (Fsp3) is 0.400. The summed E-state index contributed by atoms with van der Waals surface area (Å²) in [5.74, 6) is 1.28. The molecule has 2 aromatic carbocycles. The molecule has 6 heterocycles. The van der Waals surface area contributed by atoms with E-state index in [2.05, 4.69) is 44.5 Å². The van der Waals surface area contributed by atoms with Crippen molar-refractivity contribution >= 4 is 27.5 Å². The topological polar surface area (TPSA) is 86.6 Å². The highest BCUT2D eigenvalue weighted by Gasteiger charge is 2.51. The number of nitrogens with one attached hydrogen (secondary N) is 1. The van der Waals surface area contributed by atoms with E-state index in [9.17, 15) is 13.9 Å². The van der Waals surface area contributed by atoms with Gasteiger partial charge in [0.2, 0.25) is 0 Å². The number of ether oxygens (including phenoxy) is 1. The summed E-state index contributed by atoms with van der Waals surface area (Å²) in [6.45, 7) is 8.64. The van der Waals surface area contributed by atoms with Crippen LogP contribution in [-0.2, 0) is 0 Å². The molecule has 8 rings (SSSR count). The van der Waals surface area contributed by atoms with E-state index in [1.807, 2.05) is 0 Å². The zero-order chi connectivity index (χ0) is 32.0. The first kappa shape index (κ1) is 29.0. The molecule has 2 bridgehead atoms. The smallest absolute Gasteiger partial charge is 0.319 e. The van der Waals surface area contributed by atoms with Gasteiger partial charge in [-0.2, -0.15) is 9.97 Å². The number of hydrogen-bond acceptors (Lipinski definition) is 8. The van der Waals surface area contributed by atoms with Gasteiger partial charge in [-0.25, -0.2) is 13.2 Å². The normalized spacial score (nSPS) is 27.5. The maximum atomic E-state index is 16.8. The van der Waals surface area contributed by atoms with Crippen LogP contribution in [0, 0.1) is 24.0 Å². The number of nitrogens with zero attached hydrogens (tertiary/aromatic N) is 5. The van der Waals surface area contributed by atoms with Crippen molar-refractivity contribution in [2.75, 3.05) is 37.7 Å². The summed E-state index contributed by atoms with van der Waals surface area (Å²) in [5.41, 5.74) is 0.221. The van der Waals surface area contributed by atoms with Gasteiger partial charge < -0.3 is 20.1 Å². The fourth-order valence-corrected chi connectivity index (χ4v) is 8.22. The molecule has 8 nitrogen and oxygen atoms in total. The third kappa shape index (κ3) is 4.57. The molecule has 4 atom stereocenters. The van der Waals surface area contributed by atoms with Crippen LogP contribution in [0.1, 0.15) is 38.2 Å². The second-order valence-corrected chi connectivity index (χ2v) is 13.6. The predicted molar refractivity (Wildman–Crippen MR) is 170 cm³/mol. The van der Waals surface area contributed by atoms with Crippen LogP contribution < -0.4 is 15.0 Å². The number of phenolic OH excluding ortho intramolecular Hbond substituents is 1. The number of pyridine rings is 1. The average molecular weight is 627 g/mol. The fourth-order valence-electron chi connectivity index (χ4n) is 8.22. The zero-order valence-corrected chi connectivity index (χ0v) is 25.4. The lowest BCUT2D eigenvalue weighted by molar-refractivity contribution is 0.107. The molecule has 2 aromatic heterocycles. The van der Waals surface area contributed by atoms with E-state index in [0.29, 0.717) is 55.6 Å². The standard InChI is InChI=1S/C35H33F3N6O2/c1-4-24-27(37)6-5-20-9-23(45)10-25(28(20)24)30-29(38)31-26(13-39-30)32(43-16-22-7-8-34(3,17-43)42-22)41-33(40-31)46-18-35-11-19(2)14-44(35)15-21(36)12-35/h1,5-6,9-10,13,21-22,42,45H,2,7-8,11-12,14-18H2,3H3/t21-,22?,34?,35+/m0/s1. The van der Waals surface area contributed by atoms with Crippen LogP contribution in [0.2, 0.25) is 0 Å². The SMILES string of the molecule is C#Cc1c(F)ccc2cc(O)cc(-c3ncc4c(N5CC6CCC(C)(C5)N6)nc(OC[C@]56CC(=C)CN5C[C@@H](F)C6)nc4c3F)c12. The Morgan fingerprint density at radius 1 is 1.24 bits per heavy atom. The van der Waals surface area contributed by atoms with Gasteiger partial charge in [-0.3, -0.25) is 9.88 Å². The van der Waals surface area contributed by atoms with Crippen molar-refractivity contribution in [1.82, 2.24) is 25.2 Å². The van der Waals surface area contributed by atoms with Crippen molar-refractivity contribution in [3.63, 3.8) is 0 Å². The number of fused-ring (bicyclic) bond motifs is 5. The monoisotopic (exact) mass is 626 g/mol. The summed E-state index contributed by atoms with van der Waals surface area (Å²) in [5, 5.41) is 15.3. The number of rotatable bonds is 5. The quantitative estimate of drug-likeness (QED) is 0.229. The Bertz CT molecular complexity index is 2000. The van der Waals surface area contributed by atoms with Crippen LogP contribution in [0.15, 0.2) is 42.6 Å². The van der Waals surface area contributed by atoms with Crippen molar-refractivity contribution in [2.24, 2.45) is 0 Å². The van der Waals surface area contributed by atoms with Crippen LogP contribution >= 0.6 is 0 Å². The number of alkyl halides is 1. The lowest BCUT2D eigenvalue weighted by Crippen LogP contribution is -2.58. The number of piperazine rings is 1. The maximum Gasteiger partial charge on any atom is 0.319 e. The summed E-state index contributed by atoms with van der Waals surface area (Å²) < 4.78 is 52.5. The molecule has 236 valence electrons. The van der Waals surface area contributed by atoms with Crippen LogP contribution in [-0.4, -0.2) is 81.0 Å². The second-order valence-electron chi connectivity index (χ2n) is 13.6. The largest absolute Gasteiger partial charge is 0.508 e. The molecule has 0 amide bonds. The number of hydrogen-bond donors (Lipinski definition) is 2. The molecule has 0 aliphatic carbocycles. The van der Waals surface area contributed by atoms with Crippen molar-refractivity contribution in [2.45, 2.75) is 55.9 Å². The van der Waals surface area contributed by atoms with E-state index in [1.54, 1.807) is 0 Å². The van der Waals surface area contributed by atoms with Crippen LogP contribution in [0.3, 0.4) is 0 Å². The van der Waals surface area contributed by atoms with Gasteiger partial charge in [0.1, 0.15) is 41.4 Å². The van der Waals surface area contributed by atoms with E-state index >= 15 is 4.39 Å². The van der Waals surface area contributed by atoms with E-state index in [-0.39, 0.29) is 57.7 Å². The van der Waals surface area contributed by atoms with Gasteiger partial charge in [0.05, 0.1) is 16.5 Å². The highest BCUT2D eigenvalue weighted by Crippen LogP contribution is 2.43. The molecule has 46 heavy (non-hydrogen) atoms. The third-order valence-corrected chi connectivity index (χ3v) is 10.1. The Morgan fingerprint density at radius 3 is 2.89 bits per heavy atom. The minimum Gasteiger partial charge on any atom is -0.508 e. The number of benzene rings is 2. The molecule has 4 saturated heterocycles. The Balaban J connectivity index is 1.28. The van der Waals surface area contributed by atoms with Gasteiger partial charge in [0, 0.05) is 61.3 Å². The number of terminal acetylenes is 1. The summed E-state index contributed by atoms with van der Waals surface area (Å²) >= 11 is 0. The minimum atomic E-state index is -0.970. The number of anilines is 1. The average Bonchev–Trinajstić information content (AvgIpc) is 3.59. The summed E-state index contributed by atoms with van der Waals surface area (Å²) in [6, 6.07) is 5.67. The maximum absolute atomic E-state index is 16.8. The first-order chi connectivity index (χ1) is 22.0. The number of halogens is 3. The van der Waals surface area contributed by atoms with E-state index < -0.39 is 23.3 Å². The molecular formula is C35H33F3N6O2. The molecule has 0 radical (unpaired) electrons. The van der Waals surface area contributed by atoms with Crippen LogP contribution in [0.4, 0.5) is 19.0 Å². The molecule has 2 N–H and O–H groups in total. The van der Waals surface area contributed by atoms with Gasteiger partial charge in [0.25, 0.3) is 0 Å². The zero-order valence-electron chi connectivity index (χ0n) is 25.4. The predicted octanol–water partition coefficient (Wildman–Crippen LogP) is 5.26. The Kier molecular flexibility index (Phi) is 6.50. The van der Waals surface area contributed by atoms with Crippen LogP contribution in [0.5, 0.6) is 11.8 Å². The van der Waals surface area contributed by atoms with Crippen molar-refractivity contribution in [1.29, 1.82) is 0 Å². The Hall–Kier alpha value is -4.40. The number of aromatic nitrogens is 3. The molecule has 4 aromatic rings. The molecular weight excluding hydrogens is 593 g/mol. The third-order valence-electron chi connectivity index (χ3n) is 10.1. The summed E-state index contributed by atoms with van der Waals surface area (Å²) in [6.07, 6.45) is 9.16. The Morgan fingerprint density at radius 2 is 2.09 bits per heavy atom. The van der Waals surface area contributed by atoms with Crippen LogP contribution in [0.25, 0.3) is 32.9 Å². The number of aromatic hydroxyl groups is 1. The molecule has 0 saturated carbocycles. The van der Waals surface area contributed by atoms with Gasteiger partial charge in [0.15, 0.2) is 5.82 Å². The van der Waals surface area contributed by atoms with Crippen molar-refractivity contribution in [3.05, 3.63) is 59.8 Å². The van der Waals surface area contributed by atoms with E-state index in [1.165, 1.54) is 30.5 Å². The minimum absolute atomic E-state index is 0.0279. The summed E-state index contributed by atoms with van der Waals surface area (Å²) in [4.78, 5) is 18.1. The lowest BCUT2D eigenvalue weighted by atomic mass is 9.93. The van der Waals surface area contributed by atoms with Crippen molar-refractivity contribution in [3.8, 4) is 35.4 Å².